The molecule has 2 aromatic heterocycles. The Morgan fingerprint density at radius 1 is 0.803 bits per heavy atom. The van der Waals surface area contributed by atoms with Crippen molar-refractivity contribution in [2.45, 2.75) is 156 Å². The third-order valence-corrected chi connectivity index (χ3v) is 18.6. The first-order valence-electron chi connectivity index (χ1n) is 26.3. The van der Waals surface area contributed by atoms with Crippen LogP contribution in [0.3, 0.4) is 0 Å². The molecule has 7 unspecified atom stereocenters. The van der Waals surface area contributed by atoms with Gasteiger partial charge in [0, 0.05) is 30.4 Å². The van der Waals surface area contributed by atoms with Gasteiger partial charge in [-0.1, -0.05) is 12.8 Å². The number of hydrogen-bond acceptors (Lipinski definition) is 21. The van der Waals surface area contributed by atoms with Gasteiger partial charge in [0.1, 0.15) is 18.3 Å². The quantitative estimate of drug-likeness (QED) is 0.0229. The van der Waals surface area contributed by atoms with Gasteiger partial charge < -0.3 is 75.1 Å². The zero-order valence-electron chi connectivity index (χ0n) is 45.4. The van der Waals surface area contributed by atoms with E-state index in [1.54, 1.807) is 26.5 Å². The normalized spacial score (nSPS) is 23.2. The van der Waals surface area contributed by atoms with Crippen LogP contribution >= 0.6 is 35.2 Å². The van der Waals surface area contributed by atoms with Crippen molar-refractivity contribution in [1.82, 2.24) is 35.5 Å². The maximum atomic E-state index is 12.2. The number of anilines is 1. The van der Waals surface area contributed by atoms with E-state index in [-0.39, 0.29) is 54.1 Å². The highest BCUT2D eigenvalue weighted by Crippen LogP contribution is 2.63. The van der Waals surface area contributed by atoms with Crippen LogP contribution in [0.15, 0.2) is 11.1 Å². The van der Waals surface area contributed by atoms with E-state index in [1.165, 1.54) is 58.9 Å². The molecule has 0 radical (unpaired) electrons. The van der Waals surface area contributed by atoms with Crippen molar-refractivity contribution >= 4 is 70.2 Å². The predicted molar refractivity (Wildman–Crippen MR) is 279 cm³/mol. The lowest BCUT2D eigenvalue weighted by Gasteiger charge is -2.34. The molecule has 28 nitrogen and oxygen atoms in total. The van der Waals surface area contributed by atoms with Crippen LogP contribution in [0, 0.1) is 0 Å². The number of thioether (sulfide) groups is 1. The number of phosphoric acid groups is 3. The molecule has 0 bridgehead atoms. The molecular weight excluding hydrogens is 1080 g/mol. The monoisotopic (exact) mass is 1170 g/mol. The number of amides is 3. The third kappa shape index (κ3) is 24.1. The first-order chi connectivity index (χ1) is 35.9. The molecule has 5 rings (SSSR count). The molecule has 76 heavy (non-hydrogen) atoms. The summed E-state index contributed by atoms with van der Waals surface area (Å²) in [5.41, 5.74) is 4.42. The first kappa shape index (κ1) is 69.0. The molecule has 11 N–H and O–H groups in total. The van der Waals surface area contributed by atoms with Crippen molar-refractivity contribution in [3.05, 3.63) is 16.7 Å². The SMILES string of the molecule is CC[NH+](CC)CC.CC[NH+](CC)CC.CC[NH+](CC)CC.Nc1nc2c(ncn2[C@@H]2O[C@H](COP(=O)([O-])OP(=O)([O-])OP(=O)([O-])OC(=O)CCCCCNC(=O)CCCCC3SCC4NC(=O)NC43)[C@H](O)C2O)c(=O)[nH]1. The van der Waals surface area contributed by atoms with Crippen LogP contribution in [0.1, 0.15) is 120 Å². The average molecular weight is 1170 g/mol. The number of nitrogens with two attached hydrogens (primary N) is 1. The fraction of sp³-hybridized carbons (Fsp3) is 0.818. The molecule has 3 aliphatic rings. The number of ether oxygens (including phenoxy) is 1. The summed E-state index contributed by atoms with van der Waals surface area (Å²) in [5.74, 6) is -1.04. The highest BCUT2D eigenvalue weighted by Gasteiger charge is 2.45. The summed E-state index contributed by atoms with van der Waals surface area (Å²) in [7, 11) is -18.3. The third-order valence-electron chi connectivity index (χ3n) is 13.0. The lowest BCUT2D eigenvalue weighted by atomic mass is 10.0. The number of unbranched alkanes of at least 4 members (excludes halogenated alkanes) is 3. The number of hydrogen-bond donors (Lipinski definition) is 10. The number of carbonyl (C=O) groups is 3. The number of quaternary nitrogens is 3. The van der Waals surface area contributed by atoms with Gasteiger partial charge in [0.05, 0.1) is 83.9 Å². The fourth-order valence-corrected chi connectivity index (χ4v) is 13.2. The topological polar surface area (TPSA) is 397 Å². The zero-order valence-corrected chi connectivity index (χ0v) is 48.9. The Balaban J connectivity index is 0.000000788. The Bertz CT molecular complexity index is 2210. The summed E-state index contributed by atoms with van der Waals surface area (Å²) in [6, 6.07) is 0.0876. The van der Waals surface area contributed by atoms with Gasteiger partial charge in [-0.3, -0.25) is 37.6 Å². The lowest BCUT2D eigenvalue weighted by Crippen LogP contribution is -3.11. The number of aromatic amines is 1. The molecule has 0 saturated carbocycles. The molecule has 3 saturated heterocycles. The Morgan fingerprint density at radius 2 is 1.36 bits per heavy atom. The summed E-state index contributed by atoms with van der Waals surface area (Å²) in [6.45, 7) is 30.6. The smallest absolute Gasteiger partial charge is 0.328 e. The lowest BCUT2D eigenvalue weighted by molar-refractivity contribution is -0.894. The van der Waals surface area contributed by atoms with Crippen molar-refractivity contribution in [2.24, 2.45) is 0 Å². The van der Waals surface area contributed by atoms with Gasteiger partial charge in [-0.25, -0.2) is 18.4 Å². The fourth-order valence-electron chi connectivity index (χ4n) is 8.27. The molecule has 440 valence electrons. The van der Waals surface area contributed by atoms with Gasteiger partial charge in [-0.15, -0.1) is 0 Å². The van der Waals surface area contributed by atoms with E-state index in [9.17, 15) is 57.8 Å². The molecule has 3 aliphatic heterocycles. The number of nitrogens with zero attached hydrogens (tertiary/aromatic N) is 3. The number of urea groups is 1. The van der Waals surface area contributed by atoms with Crippen LogP contribution in [0.4, 0.5) is 10.7 Å². The van der Waals surface area contributed by atoms with Crippen LogP contribution in [-0.4, -0.2) is 161 Å². The number of rotatable bonds is 29. The number of nitrogen functional groups attached to an aromatic ring is 1. The largest absolute Gasteiger partial charge is 0.756 e. The van der Waals surface area contributed by atoms with Gasteiger partial charge in [-0.2, -0.15) is 16.7 Å². The molecule has 2 aromatic rings. The Hall–Kier alpha value is -3.08. The second kappa shape index (κ2) is 34.8. The minimum absolute atomic E-state index is 0.0843. The van der Waals surface area contributed by atoms with Crippen molar-refractivity contribution in [2.75, 3.05) is 83.5 Å². The maximum absolute atomic E-state index is 12.2. The number of carbonyl (C=O) groups excluding carboxylic acids is 3. The van der Waals surface area contributed by atoms with Gasteiger partial charge in [-0.05, 0) is 88.0 Å². The maximum Gasteiger partial charge on any atom is 0.328 e. The van der Waals surface area contributed by atoms with E-state index < -0.39 is 72.6 Å². The molecule has 3 amide bonds. The molecule has 32 heteroatoms. The number of fused-ring (bicyclic) bond motifs is 2. The summed E-state index contributed by atoms with van der Waals surface area (Å²) >= 11 is 1.79. The van der Waals surface area contributed by atoms with Gasteiger partial charge in [0.15, 0.2) is 17.4 Å². The van der Waals surface area contributed by atoms with E-state index in [0.29, 0.717) is 30.9 Å². The van der Waals surface area contributed by atoms with Crippen LogP contribution in [0.25, 0.3) is 11.2 Å². The molecular formula is C44H86N11O17P3S. The van der Waals surface area contributed by atoms with Crippen molar-refractivity contribution < 1.29 is 90.1 Å². The summed E-state index contributed by atoms with van der Waals surface area (Å²) in [5, 5.41) is 29.7. The molecule has 10 atom stereocenters. The average Bonchev–Trinajstić information content (AvgIpc) is 4.12. The molecule has 0 spiro atoms. The molecule has 0 aromatic carbocycles. The van der Waals surface area contributed by atoms with Gasteiger partial charge in [0.25, 0.3) is 21.2 Å². The number of imidazole rings is 1. The minimum Gasteiger partial charge on any atom is -0.756 e. The first-order valence-corrected chi connectivity index (χ1v) is 31.7. The second-order valence-corrected chi connectivity index (χ2v) is 23.7. The van der Waals surface area contributed by atoms with E-state index in [0.717, 1.165) is 29.5 Å². The van der Waals surface area contributed by atoms with Crippen LogP contribution < -0.4 is 56.6 Å². The van der Waals surface area contributed by atoms with Crippen molar-refractivity contribution in [3.63, 3.8) is 0 Å². The van der Waals surface area contributed by atoms with Crippen LogP contribution in [0.2, 0.25) is 0 Å². The van der Waals surface area contributed by atoms with E-state index in [4.69, 9.17) is 10.5 Å². The van der Waals surface area contributed by atoms with Crippen LogP contribution in [-0.2, 0) is 45.7 Å². The Labute approximate surface area is 450 Å². The Kier molecular flexibility index (Phi) is 31.6. The van der Waals surface area contributed by atoms with Crippen molar-refractivity contribution in [3.8, 4) is 0 Å². The second-order valence-electron chi connectivity index (χ2n) is 18.0. The number of H-pyrrole nitrogens is 1. The highest BCUT2D eigenvalue weighted by molar-refractivity contribution is 8.00. The van der Waals surface area contributed by atoms with E-state index in [2.05, 4.69) is 111 Å². The number of aliphatic hydroxyl groups excluding tert-OH is 2. The summed E-state index contributed by atoms with van der Waals surface area (Å²) < 4.78 is 58.5. The zero-order chi connectivity index (χ0) is 57.2. The number of nitrogens with one attached hydrogen (secondary N) is 7. The number of aliphatic hydroxyl groups is 2. The molecule has 0 aliphatic carbocycles. The Morgan fingerprint density at radius 3 is 1.91 bits per heavy atom. The molecule has 5 heterocycles. The summed E-state index contributed by atoms with van der Waals surface area (Å²) in [4.78, 5) is 98.8. The number of phosphoric ester groups is 2. The highest BCUT2D eigenvalue weighted by atomic mass is 32.2. The number of aromatic nitrogens is 4. The van der Waals surface area contributed by atoms with Gasteiger partial charge >= 0.3 is 19.8 Å². The predicted octanol–water partition coefficient (Wildman–Crippen LogP) is -2.49. The van der Waals surface area contributed by atoms with E-state index in [1.807, 2.05) is 0 Å². The minimum atomic E-state index is -6.32. The standard InChI is InChI=1S/C26H41N8O17P3S.3C6H15N/c27-25-32-22-19(23(39)33-25)29-12-34(22)24-21(38)20(37)14(48-24)10-47-52(41,42)50-54(45,46)51-53(43,44)49-17(36)8-2-1-5-9-28-16(35)7-4-3-6-15-18-13(11-55-15)30-26(40)31-18;3*1-4-7(5-2)6-3/h12-15,18,20-21,24,37-38H,1-11H2,(H,28,35)(H,41,42)(H,43,44)(H,45,46)(H2,30,31,40)(H3,27,32,33,39);3*4-6H2,1-3H3/t13?,14-,15?,18?,20+,21?,24-;;;/m1.../s1. The van der Waals surface area contributed by atoms with Crippen molar-refractivity contribution in [1.29, 1.82) is 0 Å². The summed E-state index contributed by atoms with van der Waals surface area (Å²) in [6.07, 6.45) is -2.76. The van der Waals surface area contributed by atoms with Crippen LogP contribution in [0.5, 0.6) is 0 Å². The van der Waals surface area contributed by atoms with E-state index >= 15 is 0 Å². The van der Waals surface area contributed by atoms with Gasteiger partial charge in [0.2, 0.25) is 11.9 Å². The molecule has 3 fully saturated rings.